The van der Waals surface area contributed by atoms with Crippen molar-refractivity contribution in [1.29, 1.82) is 0 Å². The fourth-order valence-corrected chi connectivity index (χ4v) is 4.17. The molecule has 0 aromatic carbocycles. The van der Waals surface area contributed by atoms with Gasteiger partial charge in [0.05, 0.1) is 0 Å². The van der Waals surface area contributed by atoms with Gasteiger partial charge in [0.2, 0.25) is 5.91 Å². The smallest absolute Gasteiger partial charge is 0.238 e. The molecule has 2 unspecified atom stereocenters. The van der Waals surface area contributed by atoms with E-state index in [9.17, 15) is 4.79 Å². The molecule has 3 aliphatic rings. The van der Waals surface area contributed by atoms with E-state index in [4.69, 9.17) is 5.73 Å². The fraction of sp³-hybridized carbons (Fsp3) is 0.938. The third kappa shape index (κ3) is 3.01. The van der Waals surface area contributed by atoms with Gasteiger partial charge in [-0.3, -0.25) is 4.79 Å². The molecule has 0 aromatic rings. The first-order chi connectivity index (χ1) is 9.71. The lowest BCUT2D eigenvalue weighted by molar-refractivity contribution is -0.126. The summed E-state index contributed by atoms with van der Waals surface area (Å²) in [6.45, 7) is 3.63. The maximum absolute atomic E-state index is 12.1. The second-order valence-corrected chi connectivity index (χ2v) is 7.03. The standard InChI is InChI=1S/C16H29N3O/c17-15(20)16(18-14-6-7-14)9-4-5-13(16)8-12-19-10-2-1-3-11-19/h13-14,18H,1-12H2,(H2,17,20). The first-order valence-corrected chi connectivity index (χ1v) is 8.51. The highest BCUT2D eigenvalue weighted by Gasteiger charge is 2.49. The Morgan fingerprint density at radius 1 is 1.15 bits per heavy atom. The Labute approximate surface area is 122 Å². The minimum absolute atomic E-state index is 0.106. The number of hydrogen-bond acceptors (Lipinski definition) is 3. The number of carbonyl (C=O) groups is 1. The van der Waals surface area contributed by atoms with Crippen LogP contribution in [0.15, 0.2) is 0 Å². The Hall–Kier alpha value is -0.610. The number of nitrogens with two attached hydrogens (primary N) is 1. The summed E-state index contributed by atoms with van der Waals surface area (Å²) >= 11 is 0. The van der Waals surface area contributed by atoms with Gasteiger partial charge in [0, 0.05) is 6.04 Å². The third-order valence-corrected chi connectivity index (χ3v) is 5.54. The average molecular weight is 279 g/mol. The van der Waals surface area contributed by atoms with Gasteiger partial charge in [-0.25, -0.2) is 0 Å². The maximum atomic E-state index is 12.1. The van der Waals surface area contributed by atoms with Gasteiger partial charge in [-0.2, -0.15) is 0 Å². The lowest BCUT2D eigenvalue weighted by Gasteiger charge is -2.36. The quantitative estimate of drug-likeness (QED) is 0.777. The van der Waals surface area contributed by atoms with Crippen LogP contribution in [0.3, 0.4) is 0 Å². The summed E-state index contributed by atoms with van der Waals surface area (Å²) < 4.78 is 0. The molecule has 20 heavy (non-hydrogen) atoms. The summed E-state index contributed by atoms with van der Waals surface area (Å²) in [6.07, 6.45) is 10.9. The molecule has 1 amide bonds. The van der Waals surface area contributed by atoms with Crippen molar-refractivity contribution in [3.63, 3.8) is 0 Å². The predicted octanol–water partition coefficient (Wildman–Crippen LogP) is 1.64. The van der Waals surface area contributed by atoms with Gasteiger partial charge in [-0.1, -0.05) is 12.8 Å². The van der Waals surface area contributed by atoms with Crippen molar-refractivity contribution in [2.24, 2.45) is 11.7 Å². The van der Waals surface area contributed by atoms with Gasteiger partial charge < -0.3 is 16.0 Å². The van der Waals surface area contributed by atoms with Crippen LogP contribution in [0, 0.1) is 5.92 Å². The van der Waals surface area contributed by atoms with Crippen LogP contribution in [-0.2, 0) is 4.79 Å². The fourth-order valence-electron chi connectivity index (χ4n) is 4.17. The maximum Gasteiger partial charge on any atom is 0.238 e. The molecule has 3 rings (SSSR count). The molecule has 3 N–H and O–H groups in total. The monoisotopic (exact) mass is 279 g/mol. The highest BCUT2D eigenvalue weighted by atomic mass is 16.1. The number of amides is 1. The second kappa shape index (κ2) is 6.02. The van der Waals surface area contributed by atoms with E-state index >= 15 is 0 Å². The van der Waals surface area contributed by atoms with E-state index in [-0.39, 0.29) is 5.91 Å². The molecule has 114 valence electrons. The van der Waals surface area contributed by atoms with Crippen LogP contribution >= 0.6 is 0 Å². The first-order valence-electron chi connectivity index (χ1n) is 8.51. The van der Waals surface area contributed by atoms with Crippen molar-refractivity contribution in [2.75, 3.05) is 19.6 Å². The Bertz CT molecular complexity index is 350. The molecule has 2 atom stereocenters. The van der Waals surface area contributed by atoms with E-state index in [1.807, 2.05) is 0 Å². The number of carbonyl (C=O) groups excluding carboxylic acids is 1. The predicted molar refractivity (Wildman–Crippen MR) is 80.3 cm³/mol. The number of piperidine rings is 1. The molecule has 1 saturated heterocycles. The number of rotatable bonds is 6. The zero-order valence-electron chi connectivity index (χ0n) is 12.6. The molecule has 2 aliphatic carbocycles. The van der Waals surface area contributed by atoms with Crippen LogP contribution in [0.25, 0.3) is 0 Å². The largest absolute Gasteiger partial charge is 0.368 e. The molecular formula is C16H29N3O. The van der Waals surface area contributed by atoms with Gasteiger partial charge in [-0.15, -0.1) is 0 Å². The molecule has 0 bridgehead atoms. The summed E-state index contributed by atoms with van der Waals surface area (Å²) in [5.74, 6) is 0.341. The van der Waals surface area contributed by atoms with Crippen molar-refractivity contribution in [1.82, 2.24) is 10.2 Å². The number of primary amides is 1. The van der Waals surface area contributed by atoms with Crippen LogP contribution in [0.4, 0.5) is 0 Å². The summed E-state index contributed by atoms with van der Waals surface area (Å²) in [5, 5.41) is 3.61. The normalized spacial score (nSPS) is 35.3. The molecule has 4 nitrogen and oxygen atoms in total. The molecule has 0 radical (unpaired) electrons. The molecule has 0 aromatic heterocycles. The number of hydrogen-bond donors (Lipinski definition) is 2. The van der Waals surface area contributed by atoms with E-state index < -0.39 is 5.54 Å². The minimum Gasteiger partial charge on any atom is -0.368 e. The molecule has 0 spiro atoms. The van der Waals surface area contributed by atoms with Crippen LogP contribution in [-0.4, -0.2) is 42.0 Å². The van der Waals surface area contributed by atoms with Gasteiger partial charge in [-0.05, 0) is 70.5 Å². The van der Waals surface area contributed by atoms with E-state index in [0.717, 1.165) is 32.2 Å². The van der Waals surface area contributed by atoms with Crippen molar-refractivity contribution in [3.8, 4) is 0 Å². The average Bonchev–Trinajstić information content (AvgIpc) is 3.16. The van der Waals surface area contributed by atoms with Crippen LogP contribution < -0.4 is 11.1 Å². The number of nitrogens with zero attached hydrogens (tertiary/aromatic N) is 1. The van der Waals surface area contributed by atoms with Gasteiger partial charge >= 0.3 is 0 Å². The topological polar surface area (TPSA) is 58.4 Å². The lowest BCUT2D eigenvalue weighted by Crippen LogP contribution is -2.59. The van der Waals surface area contributed by atoms with Crippen molar-refractivity contribution < 1.29 is 4.79 Å². The first kappa shape index (κ1) is 14.3. The van der Waals surface area contributed by atoms with Gasteiger partial charge in [0.25, 0.3) is 0 Å². The van der Waals surface area contributed by atoms with Crippen molar-refractivity contribution in [2.45, 2.75) is 69.4 Å². The minimum atomic E-state index is -0.392. The Balaban J connectivity index is 1.59. The zero-order valence-corrected chi connectivity index (χ0v) is 12.6. The molecule has 1 heterocycles. The third-order valence-electron chi connectivity index (χ3n) is 5.54. The molecule has 2 saturated carbocycles. The molecule has 3 fully saturated rings. The second-order valence-electron chi connectivity index (χ2n) is 7.03. The Kier molecular flexibility index (Phi) is 4.32. The van der Waals surface area contributed by atoms with Crippen molar-refractivity contribution in [3.05, 3.63) is 0 Å². The molecule has 1 aliphatic heterocycles. The Morgan fingerprint density at radius 2 is 1.90 bits per heavy atom. The van der Waals surface area contributed by atoms with E-state index in [1.54, 1.807) is 0 Å². The number of nitrogens with one attached hydrogen (secondary N) is 1. The van der Waals surface area contributed by atoms with E-state index in [0.29, 0.717) is 12.0 Å². The Morgan fingerprint density at radius 3 is 2.55 bits per heavy atom. The highest BCUT2D eigenvalue weighted by molar-refractivity contribution is 5.85. The number of likely N-dealkylation sites (tertiary alicyclic amines) is 1. The lowest BCUT2D eigenvalue weighted by atomic mass is 9.83. The van der Waals surface area contributed by atoms with Crippen LogP contribution in [0.1, 0.15) is 57.8 Å². The summed E-state index contributed by atoms with van der Waals surface area (Å²) in [4.78, 5) is 14.7. The van der Waals surface area contributed by atoms with Crippen LogP contribution in [0.2, 0.25) is 0 Å². The molecule has 4 heteroatoms. The SMILES string of the molecule is NC(=O)C1(NC2CC2)CCCC1CCN1CCCCC1. The highest BCUT2D eigenvalue weighted by Crippen LogP contribution is 2.40. The summed E-state index contributed by atoms with van der Waals surface area (Å²) in [5.41, 5.74) is 5.40. The summed E-state index contributed by atoms with van der Waals surface area (Å²) in [6, 6.07) is 0.554. The van der Waals surface area contributed by atoms with Crippen molar-refractivity contribution >= 4 is 5.91 Å². The van der Waals surface area contributed by atoms with E-state index in [2.05, 4.69) is 10.2 Å². The van der Waals surface area contributed by atoms with E-state index in [1.165, 1.54) is 45.2 Å². The molecular weight excluding hydrogens is 250 g/mol. The van der Waals surface area contributed by atoms with Crippen LogP contribution in [0.5, 0.6) is 0 Å². The van der Waals surface area contributed by atoms with Gasteiger partial charge in [0.15, 0.2) is 0 Å². The summed E-state index contributed by atoms with van der Waals surface area (Å²) in [7, 11) is 0. The van der Waals surface area contributed by atoms with Gasteiger partial charge in [0.1, 0.15) is 5.54 Å². The zero-order chi connectivity index (χ0) is 14.0.